The fraction of sp³-hybridized carbons (Fsp3) is 0.542. The number of benzene rings is 1. The number of alkyl carbamates (subject to hydrolysis) is 1. The molecule has 2 fully saturated rings. The van der Waals surface area contributed by atoms with Crippen molar-refractivity contribution in [3.05, 3.63) is 33.9 Å². The van der Waals surface area contributed by atoms with Crippen molar-refractivity contribution in [1.82, 2.24) is 9.88 Å². The average molecular weight is 476 g/mol. The van der Waals surface area contributed by atoms with Crippen LogP contribution in [0.15, 0.2) is 17.1 Å². The molecule has 10 heteroatoms. The molecule has 184 valence electrons. The predicted molar refractivity (Wildman–Crippen MR) is 125 cm³/mol. The Morgan fingerprint density at radius 3 is 2.56 bits per heavy atom. The summed E-state index contributed by atoms with van der Waals surface area (Å²) in [7, 11) is 1.42. The quantitative estimate of drug-likeness (QED) is 0.658. The molecule has 0 bridgehead atoms. The summed E-state index contributed by atoms with van der Waals surface area (Å²) in [5, 5.41) is 12.2. The number of nitrogens with zero attached hydrogens (tertiary/aromatic N) is 2. The first-order chi connectivity index (χ1) is 16.0. The van der Waals surface area contributed by atoms with Crippen molar-refractivity contribution in [2.45, 2.75) is 51.7 Å². The van der Waals surface area contributed by atoms with Crippen molar-refractivity contribution in [3.8, 4) is 5.75 Å². The number of ether oxygens (including phenoxy) is 2. The molecule has 4 rings (SSSR count). The second-order valence-electron chi connectivity index (χ2n) is 9.94. The summed E-state index contributed by atoms with van der Waals surface area (Å²) in [5.41, 5.74) is -1.06. The highest BCUT2D eigenvalue weighted by Crippen LogP contribution is 2.44. The number of halogens is 1. The Morgan fingerprint density at radius 1 is 1.26 bits per heavy atom. The van der Waals surface area contributed by atoms with Gasteiger partial charge in [-0.15, -0.1) is 0 Å². The Bertz CT molecular complexity index is 1200. The first kappa shape index (κ1) is 23.8. The summed E-state index contributed by atoms with van der Waals surface area (Å²) in [6, 6.07) is 1.16. The summed E-state index contributed by atoms with van der Waals surface area (Å²) >= 11 is 0. The number of amides is 1. The van der Waals surface area contributed by atoms with E-state index < -0.39 is 28.9 Å². The lowest BCUT2D eigenvalue weighted by Crippen LogP contribution is -2.36. The summed E-state index contributed by atoms with van der Waals surface area (Å²) in [4.78, 5) is 38.3. The molecule has 1 aromatic carbocycles. The molecular formula is C24H30FN3O6. The fourth-order valence-electron chi connectivity index (χ4n) is 4.47. The Hall–Kier alpha value is -3.30. The van der Waals surface area contributed by atoms with Gasteiger partial charge in [-0.2, -0.15) is 0 Å². The lowest BCUT2D eigenvalue weighted by Gasteiger charge is -2.25. The van der Waals surface area contributed by atoms with Gasteiger partial charge >= 0.3 is 12.1 Å². The SMILES string of the molecule is COc1c(N2CCC(CNC(=O)OC(C)(C)C)C2)c(F)cc2c(=O)c(C(=O)O)cn(C3CC3)c12. The highest BCUT2D eigenvalue weighted by Gasteiger charge is 2.33. The molecule has 9 nitrogen and oxygen atoms in total. The predicted octanol–water partition coefficient (Wildman–Crippen LogP) is 3.53. The van der Waals surface area contributed by atoms with Crippen molar-refractivity contribution in [2.75, 3.05) is 31.6 Å². The van der Waals surface area contributed by atoms with Crippen molar-refractivity contribution in [2.24, 2.45) is 5.92 Å². The van der Waals surface area contributed by atoms with Gasteiger partial charge in [-0.25, -0.2) is 14.0 Å². The molecule has 2 heterocycles. The van der Waals surface area contributed by atoms with E-state index >= 15 is 4.39 Å². The molecule has 1 aliphatic carbocycles. The summed E-state index contributed by atoms with van der Waals surface area (Å²) in [6.45, 7) is 6.78. The number of carboxylic acids is 1. The zero-order chi connectivity index (χ0) is 24.8. The molecule has 34 heavy (non-hydrogen) atoms. The van der Waals surface area contributed by atoms with Gasteiger partial charge in [-0.05, 0) is 52.0 Å². The number of methoxy groups -OCH3 is 1. The van der Waals surface area contributed by atoms with Gasteiger partial charge in [0.05, 0.1) is 18.0 Å². The molecule has 1 amide bonds. The van der Waals surface area contributed by atoms with Crippen LogP contribution < -0.4 is 20.4 Å². The van der Waals surface area contributed by atoms with E-state index in [0.29, 0.717) is 25.2 Å². The van der Waals surface area contributed by atoms with Gasteiger partial charge in [0.15, 0.2) is 11.6 Å². The number of aromatic nitrogens is 1. The number of rotatable bonds is 6. The zero-order valence-electron chi connectivity index (χ0n) is 19.8. The van der Waals surface area contributed by atoms with E-state index in [1.54, 1.807) is 25.3 Å². The van der Waals surface area contributed by atoms with Crippen LogP contribution in [0.25, 0.3) is 10.9 Å². The van der Waals surface area contributed by atoms with E-state index in [1.807, 2.05) is 4.90 Å². The lowest BCUT2D eigenvalue weighted by atomic mass is 10.1. The highest BCUT2D eigenvalue weighted by molar-refractivity contribution is 5.97. The van der Waals surface area contributed by atoms with Gasteiger partial charge in [0, 0.05) is 31.9 Å². The van der Waals surface area contributed by atoms with Crippen molar-refractivity contribution in [3.63, 3.8) is 0 Å². The summed E-state index contributed by atoms with van der Waals surface area (Å²) in [5.74, 6) is -1.69. The average Bonchev–Trinajstić information content (AvgIpc) is 3.48. The fourth-order valence-corrected chi connectivity index (χ4v) is 4.47. The van der Waals surface area contributed by atoms with E-state index in [-0.39, 0.29) is 34.3 Å². The Morgan fingerprint density at radius 2 is 1.97 bits per heavy atom. The summed E-state index contributed by atoms with van der Waals surface area (Å²) in [6.07, 6.45) is 3.25. The molecule has 1 aromatic heterocycles. The standard InChI is InChI=1S/C24H30FN3O6/c1-24(2,3)34-23(32)26-10-13-7-8-27(11-13)19-17(25)9-15-18(21(19)33-4)28(14-5-6-14)12-16(20(15)29)22(30)31/h9,12-14H,5-8,10-11H2,1-4H3,(H,26,32)(H,30,31). The minimum atomic E-state index is -1.34. The van der Waals surface area contributed by atoms with Crippen molar-refractivity contribution >= 4 is 28.7 Å². The normalized spacial score (nSPS) is 18.3. The molecule has 2 aromatic rings. The second kappa shape index (κ2) is 8.81. The third kappa shape index (κ3) is 4.67. The van der Waals surface area contributed by atoms with Crippen molar-refractivity contribution < 1.29 is 28.6 Å². The van der Waals surface area contributed by atoms with Crippen LogP contribution in [0.1, 0.15) is 56.4 Å². The lowest BCUT2D eigenvalue weighted by molar-refractivity contribution is 0.0520. The Balaban J connectivity index is 1.66. The van der Waals surface area contributed by atoms with Crippen LogP contribution in [0.3, 0.4) is 0 Å². The third-order valence-corrected chi connectivity index (χ3v) is 6.11. The Kier molecular flexibility index (Phi) is 6.18. The molecule has 0 radical (unpaired) electrons. The maximum absolute atomic E-state index is 15.4. The molecule has 1 aliphatic heterocycles. The summed E-state index contributed by atoms with van der Waals surface area (Å²) < 4.78 is 28.0. The number of nitrogens with one attached hydrogen (secondary N) is 1. The number of hydrogen-bond acceptors (Lipinski definition) is 6. The first-order valence-corrected chi connectivity index (χ1v) is 11.4. The van der Waals surface area contributed by atoms with E-state index in [4.69, 9.17) is 9.47 Å². The van der Waals surface area contributed by atoms with Crippen LogP contribution in [0.5, 0.6) is 5.75 Å². The van der Waals surface area contributed by atoms with E-state index in [1.165, 1.54) is 13.3 Å². The minimum absolute atomic E-state index is 0.00719. The number of pyridine rings is 1. The van der Waals surface area contributed by atoms with Gasteiger partial charge in [0.2, 0.25) is 5.43 Å². The molecule has 1 saturated carbocycles. The van der Waals surface area contributed by atoms with Crippen LogP contribution in [-0.2, 0) is 4.74 Å². The van der Waals surface area contributed by atoms with Crippen LogP contribution >= 0.6 is 0 Å². The van der Waals surface area contributed by atoms with Gasteiger partial charge in [0.25, 0.3) is 0 Å². The molecule has 1 saturated heterocycles. The number of fused-ring (bicyclic) bond motifs is 1. The van der Waals surface area contributed by atoms with Gasteiger partial charge in [-0.1, -0.05) is 0 Å². The zero-order valence-corrected chi connectivity index (χ0v) is 19.8. The van der Waals surface area contributed by atoms with Gasteiger partial charge < -0.3 is 29.4 Å². The molecule has 1 unspecified atom stereocenters. The number of carbonyl (C=O) groups excluding carboxylic acids is 1. The van der Waals surface area contributed by atoms with Gasteiger partial charge in [-0.3, -0.25) is 4.79 Å². The highest BCUT2D eigenvalue weighted by atomic mass is 19.1. The molecule has 0 spiro atoms. The molecule has 2 N–H and O–H groups in total. The maximum atomic E-state index is 15.4. The minimum Gasteiger partial charge on any atom is -0.492 e. The van der Waals surface area contributed by atoms with Crippen LogP contribution in [0.2, 0.25) is 0 Å². The van der Waals surface area contributed by atoms with Gasteiger partial charge in [0.1, 0.15) is 16.9 Å². The number of carbonyl (C=O) groups is 2. The molecular weight excluding hydrogens is 445 g/mol. The number of anilines is 1. The number of carboxylic acid groups (broad SMARTS) is 1. The smallest absolute Gasteiger partial charge is 0.407 e. The number of aromatic carboxylic acids is 1. The van der Waals surface area contributed by atoms with E-state index in [2.05, 4.69) is 5.32 Å². The van der Waals surface area contributed by atoms with Crippen LogP contribution in [0.4, 0.5) is 14.9 Å². The van der Waals surface area contributed by atoms with Crippen LogP contribution in [-0.4, -0.2) is 54.1 Å². The molecule has 2 aliphatic rings. The second-order valence-corrected chi connectivity index (χ2v) is 9.94. The van der Waals surface area contributed by atoms with E-state index in [9.17, 15) is 19.5 Å². The van der Waals surface area contributed by atoms with E-state index in [0.717, 1.165) is 25.3 Å². The van der Waals surface area contributed by atoms with Crippen molar-refractivity contribution in [1.29, 1.82) is 0 Å². The van der Waals surface area contributed by atoms with Crippen LogP contribution in [0, 0.1) is 11.7 Å². The third-order valence-electron chi connectivity index (χ3n) is 6.11. The first-order valence-electron chi connectivity index (χ1n) is 11.4. The monoisotopic (exact) mass is 475 g/mol. The maximum Gasteiger partial charge on any atom is 0.407 e. The molecule has 1 atom stereocenters. The number of hydrogen-bond donors (Lipinski definition) is 2. The Labute approximate surface area is 196 Å². The topological polar surface area (TPSA) is 110 Å². The largest absolute Gasteiger partial charge is 0.492 e.